The average molecular weight is 264 g/mol. The Balaban J connectivity index is 1.90. The van der Waals surface area contributed by atoms with Crippen LogP contribution in [-0.4, -0.2) is 22.0 Å². The number of imidazole rings is 1. The molecule has 94 valence electrons. The van der Waals surface area contributed by atoms with E-state index in [9.17, 15) is 4.79 Å². The van der Waals surface area contributed by atoms with Crippen molar-refractivity contribution in [2.24, 2.45) is 7.05 Å². The zero-order valence-corrected chi connectivity index (χ0v) is 10.8. The number of carbonyl (C=O) groups is 1. The summed E-state index contributed by atoms with van der Waals surface area (Å²) in [6, 6.07) is 9.64. The van der Waals surface area contributed by atoms with Crippen LogP contribution in [0, 0.1) is 0 Å². The molecule has 1 unspecified atom stereocenters. The van der Waals surface area contributed by atoms with Crippen molar-refractivity contribution in [3.8, 4) is 0 Å². The van der Waals surface area contributed by atoms with Crippen molar-refractivity contribution in [3.63, 3.8) is 0 Å². The molecule has 0 saturated heterocycles. The van der Waals surface area contributed by atoms with Crippen molar-refractivity contribution in [1.82, 2.24) is 14.9 Å². The first kappa shape index (κ1) is 12.6. The van der Waals surface area contributed by atoms with Gasteiger partial charge in [-0.25, -0.2) is 4.98 Å². The van der Waals surface area contributed by atoms with E-state index in [2.05, 4.69) is 10.3 Å². The molecule has 0 spiro atoms. The van der Waals surface area contributed by atoms with Crippen LogP contribution < -0.4 is 5.32 Å². The number of rotatable bonds is 4. The van der Waals surface area contributed by atoms with Crippen LogP contribution >= 0.6 is 11.6 Å². The van der Waals surface area contributed by atoms with Crippen LogP contribution in [0.3, 0.4) is 0 Å². The maximum Gasteiger partial charge on any atom is 0.271 e. The molecule has 1 heterocycles. The Bertz CT molecular complexity index is 524. The maximum atomic E-state index is 11.7. The van der Waals surface area contributed by atoms with Crippen molar-refractivity contribution < 1.29 is 4.79 Å². The summed E-state index contributed by atoms with van der Waals surface area (Å²) in [6.07, 6.45) is 3.26. The summed E-state index contributed by atoms with van der Waals surface area (Å²) in [5, 5.41) is 2.53. The number of aryl methyl sites for hydroxylation is 1. The minimum absolute atomic E-state index is 0.211. The van der Waals surface area contributed by atoms with Crippen LogP contribution in [0.5, 0.6) is 0 Å². The number of amides is 1. The van der Waals surface area contributed by atoms with Gasteiger partial charge in [-0.15, -0.1) is 11.6 Å². The third kappa shape index (κ3) is 3.11. The monoisotopic (exact) mass is 263 g/mol. The van der Waals surface area contributed by atoms with E-state index < -0.39 is 0 Å². The summed E-state index contributed by atoms with van der Waals surface area (Å²) in [4.78, 5) is 15.7. The number of carbonyl (C=O) groups excluding carboxylic acids is 1. The summed E-state index contributed by atoms with van der Waals surface area (Å²) < 4.78 is 1.73. The molecule has 5 heteroatoms. The Morgan fingerprint density at radius 2 is 2.17 bits per heavy atom. The first-order valence-electron chi connectivity index (χ1n) is 5.62. The number of aromatic nitrogens is 2. The predicted molar refractivity (Wildman–Crippen MR) is 70.6 cm³/mol. The highest BCUT2D eigenvalue weighted by atomic mass is 35.5. The largest absolute Gasteiger partial charge is 0.349 e. The minimum Gasteiger partial charge on any atom is -0.349 e. The molecule has 0 aliphatic rings. The first-order valence-corrected chi connectivity index (χ1v) is 6.05. The number of nitrogens with zero attached hydrogens (tertiary/aromatic N) is 2. The number of alkyl halides is 1. The molecule has 0 bridgehead atoms. The lowest BCUT2D eigenvalue weighted by Crippen LogP contribution is -2.27. The maximum absolute atomic E-state index is 11.7. The number of halogens is 1. The number of nitrogens with one attached hydrogen (secondary N) is 1. The highest BCUT2D eigenvalue weighted by Crippen LogP contribution is 2.18. The molecule has 1 atom stereocenters. The molecule has 0 aliphatic carbocycles. The van der Waals surface area contributed by atoms with Crippen LogP contribution in [0.2, 0.25) is 0 Å². The normalized spacial score (nSPS) is 12.1. The second-order valence-electron chi connectivity index (χ2n) is 4.01. The Hall–Kier alpha value is -1.81. The van der Waals surface area contributed by atoms with Gasteiger partial charge in [0, 0.05) is 19.8 Å². The van der Waals surface area contributed by atoms with E-state index in [-0.39, 0.29) is 11.3 Å². The van der Waals surface area contributed by atoms with Gasteiger partial charge in [-0.2, -0.15) is 0 Å². The van der Waals surface area contributed by atoms with Crippen molar-refractivity contribution in [3.05, 3.63) is 54.1 Å². The highest BCUT2D eigenvalue weighted by Gasteiger charge is 2.12. The van der Waals surface area contributed by atoms with Gasteiger partial charge < -0.3 is 9.88 Å². The van der Waals surface area contributed by atoms with Gasteiger partial charge in [0.15, 0.2) is 0 Å². The van der Waals surface area contributed by atoms with Crippen molar-refractivity contribution in [2.75, 3.05) is 6.54 Å². The van der Waals surface area contributed by atoms with Crippen molar-refractivity contribution >= 4 is 17.5 Å². The summed E-state index contributed by atoms with van der Waals surface area (Å²) >= 11 is 6.20. The first-order chi connectivity index (χ1) is 8.66. The quantitative estimate of drug-likeness (QED) is 0.859. The fourth-order valence-corrected chi connectivity index (χ4v) is 1.81. The fraction of sp³-hybridized carbons (Fsp3) is 0.231. The molecule has 4 nitrogen and oxygen atoms in total. The zero-order chi connectivity index (χ0) is 13.0. The van der Waals surface area contributed by atoms with Gasteiger partial charge >= 0.3 is 0 Å². The summed E-state index contributed by atoms with van der Waals surface area (Å²) in [7, 11) is 1.82. The molecule has 2 rings (SSSR count). The van der Waals surface area contributed by atoms with Gasteiger partial charge in [-0.1, -0.05) is 30.3 Å². The van der Waals surface area contributed by atoms with E-state index in [1.807, 2.05) is 37.4 Å². The number of benzene rings is 1. The standard InChI is InChI=1S/C13H14ClN3O/c1-17-8-12(16-9-17)13(18)15-7-11(14)10-5-3-2-4-6-10/h2-6,8-9,11H,7H2,1H3,(H,15,18). The van der Waals surface area contributed by atoms with E-state index in [0.717, 1.165) is 5.56 Å². The predicted octanol–water partition coefficient (Wildman–Crippen LogP) is 2.13. The van der Waals surface area contributed by atoms with Crippen molar-refractivity contribution in [1.29, 1.82) is 0 Å². The highest BCUT2D eigenvalue weighted by molar-refractivity contribution is 6.21. The number of hydrogen-bond donors (Lipinski definition) is 1. The lowest BCUT2D eigenvalue weighted by Gasteiger charge is -2.10. The van der Waals surface area contributed by atoms with Crippen LogP contribution in [0.1, 0.15) is 21.4 Å². The summed E-state index contributed by atoms with van der Waals surface area (Å²) in [6.45, 7) is 0.376. The number of hydrogen-bond acceptors (Lipinski definition) is 2. The second kappa shape index (κ2) is 5.69. The second-order valence-corrected chi connectivity index (χ2v) is 4.54. The van der Waals surface area contributed by atoms with Crippen LogP contribution in [0.4, 0.5) is 0 Å². The molecular weight excluding hydrogens is 250 g/mol. The minimum atomic E-state index is -0.237. The Labute approximate surface area is 111 Å². The van der Waals surface area contributed by atoms with Gasteiger partial charge in [-0.3, -0.25) is 4.79 Å². The molecule has 0 fully saturated rings. The molecule has 1 N–H and O–H groups in total. The molecule has 2 aromatic rings. The van der Waals surface area contributed by atoms with Gasteiger partial charge in [-0.05, 0) is 5.56 Å². The average Bonchev–Trinajstić information content (AvgIpc) is 2.83. The SMILES string of the molecule is Cn1cnc(C(=O)NCC(Cl)c2ccccc2)c1. The van der Waals surface area contributed by atoms with Crippen LogP contribution in [0.25, 0.3) is 0 Å². The molecule has 0 saturated carbocycles. The van der Waals surface area contributed by atoms with E-state index >= 15 is 0 Å². The summed E-state index contributed by atoms with van der Waals surface area (Å²) in [5.41, 5.74) is 1.38. The summed E-state index contributed by atoms with van der Waals surface area (Å²) in [5.74, 6) is -0.211. The van der Waals surface area contributed by atoms with Crippen LogP contribution in [-0.2, 0) is 7.05 Å². The van der Waals surface area contributed by atoms with Crippen LogP contribution in [0.15, 0.2) is 42.9 Å². The molecule has 0 radical (unpaired) electrons. The van der Waals surface area contributed by atoms with E-state index in [1.54, 1.807) is 17.1 Å². The van der Waals surface area contributed by atoms with E-state index in [1.165, 1.54) is 0 Å². The molecular formula is C13H14ClN3O. The van der Waals surface area contributed by atoms with Gasteiger partial charge in [0.2, 0.25) is 0 Å². The third-order valence-corrected chi connectivity index (χ3v) is 2.95. The molecule has 0 aliphatic heterocycles. The molecule has 18 heavy (non-hydrogen) atoms. The lowest BCUT2D eigenvalue weighted by molar-refractivity contribution is 0.0949. The van der Waals surface area contributed by atoms with E-state index in [0.29, 0.717) is 12.2 Å². The fourth-order valence-electron chi connectivity index (χ4n) is 1.58. The molecule has 1 aromatic carbocycles. The van der Waals surface area contributed by atoms with Crippen molar-refractivity contribution in [2.45, 2.75) is 5.38 Å². The Morgan fingerprint density at radius 3 is 2.78 bits per heavy atom. The zero-order valence-electron chi connectivity index (χ0n) is 10.0. The van der Waals surface area contributed by atoms with Gasteiger partial charge in [0.1, 0.15) is 5.69 Å². The third-order valence-electron chi connectivity index (χ3n) is 2.54. The van der Waals surface area contributed by atoms with Gasteiger partial charge in [0.05, 0.1) is 11.7 Å². The smallest absolute Gasteiger partial charge is 0.271 e. The van der Waals surface area contributed by atoms with E-state index in [4.69, 9.17) is 11.6 Å². The Kier molecular flexibility index (Phi) is 3.99. The lowest BCUT2D eigenvalue weighted by atomic mass is 10.1. The topological polar surface area (TPSA) is 46.9 Å². The Morgan fingerprint density at radius 1 is 1.44 bits per heavy atom. The molecule has 1 aromatic heterocycles. The van der Waals surface area contributed by atoms with Gasteiger partial charge in [0.25, 0.3) is 5.91 Å². The molecule has 1 amide bonds.